The molecule has 0 aliphatic heterocycles. The van der Waals surface area contributed by atoms with E-state index in [0.717, 1.165) is 0 Å². The normalized spacial score (nSPS) is 13.7. The summed E-state index contributed by atoms with van der Waals surface area (Å²) in [5, 5.41) is 2.92. The van der Waals surface area contributed by atoms with E-state index in [0.29, 0.717) is 6.42 Å². The van der Waals surface area contributed by atoms with Gasteiger partial charge in [-0.2, -0.15) is 0 Å². The number of ether oxygens (including phenoxy) is 2. The standard InChI is InChI=1S/C14H20FNO3/c1-4-14(10-18-3,13(17)19-5-2)16-12-9-7-6-8-11(12)15/h6-9,16H,4-5,10H2,1-3H3. The second-order valence-electron chi connectivity index (χ2n) is 4.19. The van der Waals surface area contributed by atoms with Gasteiger partial charge in [-0.3, -0.25) is 0 Å². The Morgan fingerprint density at radius 3 is 2.58 bits per heavy atom. The van der Waals surface area contributed by atoms with Gasteiger partial charge in [-0.15, -0.1) is 0 Å². The highest BCUT2D eigenvalue weighted by Crippen LogP contribution is 2.23. The molecule has 0 spiro atoms. The summed E-state index contributed by atoms with van der Waals surface area (Å²) in [5.74, 6) is -0.858. The molecule has 0 aromatic heterocycles. The maximum Gasteiger partial charge on any atom is 0.334 e. The fourth-order valence-corrected chi connectivity index (χ4v) is 1.82. The number of benzene rings is 1. The minimum absolute atomic E-state index is 0.108. The molecule has 0 bridgehead atoms. The minimum Gasteiger partial charge on any atom is -0.464 e. The molecule has 5 heteroatoms. The van der Waals surface area contributed by atoms with Crippen molar-refractivity contribution < 1.29 is 18.7 Å². The number of esters is 1. The predicted molar refractivity (Wildman–Crippen MR) is 71.6 cm³/mol. The largest absolute Gasteiger partial charge is 0.464 e. The van der Waals surface area contributed by atoms with Crippen molar-refractivity contribution in [2.24, 2.45) is 0 Å². The lowest BCUT2D eigenvalue weighted by Crippen LogP contribution is -2.51. The van der Waals surface area contributed by atoms with E-state index >= 15 is 0 Å². The van der Waals surface area contributed by atoms with E-state index in [4.69, 9.17) is 9.47 Å². The third-order valence-electron chi connectivity index (χ3n) is 2.91. The first-order valence-electron chi connectivity index (χ1n) is 6.28. The van der Waals surface area contributed by atoms with Crippen LogP contribution in [0.3, 0.4) is 0 Å². The monoisotopic (exact) mass is 269 g/mol. The molecule has 1 unspecified atom stereocenters. The van der Waals surface area contributed by atoms with Crippen LogP contribution in [0.2, 0.25) is 0 Å². The molecule has 19 heavy (non-hydrogen) atoms. The van der Waals surface area contributed by atoms with Crippen LogP contribution in [0.5, 0.6) is 0 Å². The number of carbonyl (C=O) groups is 1. The number of hydrogen-bond donors (Lipinski definition) is 1. The van der Waals surface area contributed by atoms with E-state index in [-0.39, 0.29) is 18.9 Å². The van der Waals surface area contributed by atoms with Crippen molar-refractivity contribution in [1.82, 2.24) is 0 Å². The molecular weight excluding hydrogens is 249 g/mol. The van der Waals surface area contributed by atoms with Gasteiger partial charge in [-0.05, 0) is 25.5 Å². The summed E-state index contributed by atoms with van der Waals surface area (Å²) < 4.78 is 23.8. The molecule has 0 amide bonds. The third-order valence-corrected chi connectivity index (χ3v) is 2.91. The SMILES string of the molecule is CCOC(=O)C(CC)(COC)Nc1ccccc1F. The highest BCUT2D eigenvalue weighted by Gasteiger charge is 2.39. The van der Waals surface area contributed by atoms with Gasteiger partial charge in [0.25, 0.3) is 0 Å². The molecule has 1 N–H and O–H groups in total. The average Bonchev–Trinajstić information content (AvgIpc) is 2.41. The van der Waals surface area contributed by atoms with E-state index in [1.54, 1.807) is 25.1 Å². The van der Waals surface area contributed by atoms with Crippen LogP contribution in [-0.2, 0) is 14.3 Å². The fourth-order valence-electron chi connectivity index (χ4n) is 1.82. The van der Waals surface area contributed by atoms with Gasteiger partial charge in [0.15, 0.2) is 5.54 Å². The molecule has 0 aliphatic carbocycles. The number of nitrogens with one attached hydrogen (secondary N) is 1. The van der Waals surface area contributed by atoms with Crippen LogP contribution in [-0.4, -0.2) is 31.8 Å². The van der Waals surface area contributed by atoms with Crippen molar-refractivity contribution in [2.75, 3.05) is 25.6 Å². The van der Waals surface area contributed by atoms with Gasteiger partial charge in [0.1, 0.15) is 5.82 Å². The molecular formula is C14H20FNO3. The Hall–Kier alpha value is -1.62. The Morgan fingerprint density at radius 1 is 1.37 bits per heavy atom. The Bertz CT molecular complexity index is 425. The lowest BCUT2D eigenvalue weighted by molar-refractivity contribution is -0.150. The summed E-state index contributed by atoms with van der Waals surface area (Å²) in [6.45, 7) is 3.93. The molecule has 1 rings (SSSR count). The summed E-state index contributed by atoms with van der Waals surface area (Å²) >= 11 is 0. The van der Waals surface area contributed by atoms with Gasteiger partial charge in [0.2, 0.25) is 0 Å². The van der Waals surface area contributed by atoms with Crippen LogP contribution in [0, 0.1) is 5.82 Å². The van der Waals surface area contributed by atoms with Gasteiger partial charge >= 0.3 is 5.97 Å². The van der Waals surface area contributed by atoms with Crippen LogP contribution >= 0.6 is 0 Å². The van der Waals surface area contributed by atoms with Gasteiger partial charge in [0.05, 0.1) is 18.9 Å². The zero-order chi connectivity index (χ0) is 14.3. The summed E-state index contributed by atoms with van der Waals surface area (Å²) in [7, 11) is 1.49. The molecule has 0 fully saturated rings. The summed E-state index contributed by atoms with van der Waals surface area (Å²) in [6.07, 6.45) is 0.425. The number of rotatable bonds is 7. The summed E-state index contributed by atoms with van der Waals surface area (Å²) in [6, 6.07) is 6.20. The van der Waals surface area contributed by atoms with Crippen molar-refractivity contribution in [3.05, 3.63) is 30.1 Å². The van der Waals surface area contributed by atoms with Crippen LogP contribution in [0.1, 0.15) is 20.3 Å². The molecule has 1 aromatic carbocycles. The number of hydrogen-bond acceptors (Lipinski definition) is 4. The lowest BCUT2D eigenvalue weighted by Gasteiger charge is -2.31. The first-order valence-corrected chi connectivity index (χ1v) is 6.28. The molecule has 1 atom stereocenters. The molecule has 1 aromatic rings. The van der Waals surface area contributed by atoms with Crippen LogP contribution < -0.4 is 5.32 Å². The van der Waals surface area contributed by atoms with Crippen molar-refractivity contribution in [3.8, 4) is 0 Å². The van der Waals surface area contributed by atoms with Crippen molar-refractivity contribution in [3.63, 3.8) is 0 Å². The van der Waals surface area contributed by atoms with Crippen LogP contribution in [0.25, 0.3) is 0 Å². The molecule has 0 saturated heterocycles. The van der Waals surface area contributed by atoms with E-state index < -0.39 is 17.3 Å². The maximum atomic E-state index is 13.7. The first kappa shape index (κ1) is 15.4. The van der Waals surface area contributed by atoms with Gasteiger partial charge in [-0.25, -0.2) is 9.18 Å². The van der Waals surface area contributed by atoms with E-state index in [1.165, 1.54) is 13.2 Å². The number of halogens is 1. The lowest BCUT2D eigenvalue weighted by atomic mass is 9.96. The quantitative estimate of drug-likeness (QED) is 0.773. The van der Waals surface area contributed by atoms with Crippen molar-refractivity contribution >= 4 is 11.7 Å². The predicted octanol–water partition coefficient (Wildman–Crippen LogP) is 2.60. The molecule has 4 nitrogen and oxygen atoms in total. The smallest absolute Gasteiger partial charge is 0.334 e. The second kappa shape index (κ2) is 7.09. The Morgan fingerprint density at radius 2 is 2.05 bits per heavy atom. The van der Waals surface area contributed by atoms with Crippen LogP contribution in [0.15, 0.2) is 24.3 Å². The van der Waals surface area contributed by atoms with Gasteiger partial charge < -0.3 is 14.8 Å². The van der Waals surface area contributed by atoms with Crippen molar-refractivity contribution in [1.29, 1.82) is 0 Å². The number of methoxy groups -OCH3 is 1. The minimum atomic E-state index is -1.08. The highest BCUT2D eigenvalue weighted by molar-refractivity contribution is 5.84. The first-order chi connectivity index (χ1) is 9.09. The average molecular weight is 269 g/mol. The maximum absolute atomic E-state index is 13.7. The Balaban J connectivity index is 3.03. The number of anilines is 1. The molecule has 0 aliphatic rings. The zero-order valence-electron chi connectivity index (χ0n) is 11.5. The zero-order valence-corrected chi connectivity index (χ0v) is 11.5. The third kappa shape index (κ3) is 3.67. The van der Waals surface area contributed by atoms with E-state index in [2.05, 4.69) is 5.32 Å². The molecule has 106 valence electrons. The second-order valence-corrected chi connectivity index (χ2v) is 4.19. The van der Waals surface area contributed by atoms with Crippen molar-refractivity contribution in [2.45, 2.75) is 25.8 Å². The summed E-state index contributed by atoms with van der Waals surface area (Å²) in [5.41, 5.74) is -0.818. The topological polar surface area (TPSA) is 47.6 Å². The number of para-hydroxylation sites is 1. The Kier molecular flexibility index (Phi) is 5.76. The van der Waals surface area contributed by atoms with E-state index in [1.807, 2.05) is 6.92 Å². The van der Waals surface area contributed by atoms with Gasteiger partial charge in [-0.1, -0.05) is 19.1 Å². The molecule has 0 heterocycles. The fraction of sp³-hybridized carbons (Fsp3) is 0.500. The molecule has 0 radical (unpaired) electrons. The number of carbonyl (C=O) groups excluding carboxylic acids is 1. The van der Waals surface area contributed by atoms with E-state index in [9.17, 15) is 9.18 Å². The van der Waals surface area contributed by atoms with Crippen LogP contribution in [0.4, 0.5) is 10.1 Å². The highest BCUT2D eigenvalue weighted by atomic mass is 19.1. The Labute approximate surface area is 112 Å². The molecule has 0 saturated carbocycles. The van der Waals surface area contributed by atoms with Gasteiger partial charge in [0, 0.05) is 7.11 Å². The summed E-state index contributed by atoms with van der Waals surface area (Å²) in [4.78, 5) is 12.1.